The minimum Gasteiger partial charge on any atom is -0.464 e. The molecule has 1 fully saturated rings. The number of nitrogens with one attached hydrogen (secondary N) is 1. The highest BCUT2D eigenvalue weighted by Crippen LogP contribution is 2.17. The molecule has 0 saturated carbocycles. The van der Waals surface area contributed by atoms with Crippen molar-refractivity contribution >= 4 is 0 Å². The van der Waals surface area contributed by atoms with Crippen LogP contribution in [0, 0.1) is 6.92 Å². The minimum atomic E-state index is 0.276. The highest BCUT2D eigenvalue weighted by Gasteiger charge is 2.16. The van der Waals surface area contributed by atoms with E-state index >= 15 is 0 Å². The molecule has 1 aromatic rings. The van der Waals surface area contributed by atoms with Crippen LogP contribution in [0.25, 0.3) is 0 Å². The Morgan fingerprint density at radius 3 is 3.00 bits per heavy atom. The van der Waals surface area contributed by atoms with Gasteiger partial charge in [-0.15, -0.1) is 0 Å². The van der Waals surface area contributed by atoms with Crippen molar-refractivity contribution in [3.05, 3.63) is 23.2 Å². The van der Waals surface area contributed by atoms with Crippen LogP contribution in [0.2, 0.25) is 0 Å². The number of ether oxygens (including phenoxy) is 2. The molecule has 0 radical (unpaired) electrons. The van der Waals surface area contributed by atoms with E-state index < -0.39 is 0 Å². The summed E-state index contributed by atoms with van der Waals surface area (Å²) >= 11 is 0. The monoisotopic (exact) mass is 267 g/mol. The third kappa shape index (κ3) is 4.64. The summed E-state index contributed by atoms with van der Waals surface area (Å²) < 4.78 is 16.9. The lowest BCUT2D eigenvalue weighted by molar-refractivity contribution is 0.00566. The molecule has 4 nitrogen and oxygen atoms in total. The second kappa shape index (κ2) is 7.08. The lowest BCUT2D eigenvalue weighted by atomic mass is 10.2. The molecule has 0 bridgehead atoms. The van der Waals surface area contributed by atoms with Gasteiger partial charge in [0, 0.05) is 24.8 Å². The van der Waals surface area contributed by atoms with E-state index in [1.165, 1.54) is 5.56 Å². The van der Waals surface area contributed by atoms with Gasteiger partial charge in [-0.05, 0) is 25.8 Å². The van der Waals surface area contributed by atoms with Crippen LogP contribution >= 0.6 is 0 Å². The quantitative estimate of drug-likeness (QED) is 0.825. The molecule has 0 aliphatic carbocycles. The fourth-order valence-corrected chi connectivity index (χ4v) is 2.22. The van der Waals surface area contributed by atoms with E-state index in [0.29, 0.717) is 19.3 Å². The summed E-state index contributed by atoms with van der Waals surface area (Å²) in [5.41, 5.74) is 1.21. The van der Waals surface area contributed by atoms with Crippen molar-refractivity contribution in [3.8, 4) is 0 Å². The Balaban J connectivity index is 1.75. The Kier molecular flexibility index (Phi) is 5.43. The van der Waals surface area contributed by atoms with Gasteiger partial charge < -0.3 is 19.2 Å². The van der Waals surface area contributed by atoms with Crippen molar-refractivity contribution in [2.75, 3.05) is 13.2 Å². The highest BCUT2D eigenvalue weighted by molar-refractivity contribution is 5.20. The van der Waals surface area contributed by atoms with Crippen molar-refractivity contribution in [1.29, 1.82) is 0 Å². The molecule has 2 rings (SSSR count). The first kappa shape index (κ1) is 14.6. The van der Waals surface area contributed by atoms with Crippen molar-refractivity contribution in [3.63, 3.8) is 0 Å². The van der Waals surface area contributed by atoms with E-state index in [-0.39, 0.29) is 6.10 Å². The highest BCUT2D eigenvalue weighted by atomic mass is 16.5. The van der Waals surface area contributed by atoms with Gasteiger partial charge in [0.05, 0.1) is 12.7 Å². The average Bonchev–Trinajstić information content (AvgIpc) is 2.97. The number of furan rings is 1. The van der Waals surface area contributed by atoms with Gasteiger partial charge in [-0.25, -0.2) is 0 Å². The van der Waals surface area contributed by atoms with Gasteiger partial charge in [-0.3, -0.25) is 0 Å². The van der Waals surface area contributed by atoms with E-state index in [1.54, 1.807) is 0 Å². The average molecular weight is 267 g/mol. The zero-order valence-electron chi connectivity index (χ0n) is 12.2. The first-order valence-corrected chi connectivity index (χ1v) is 7.16. The first-order chi connectivity index (χ1) is 9.15. The molecule has 0 spiro atoms. The Morgan fingerprint density at radius 2 is 2.32 bits per heavy atom. The predicted molar refractivity (Wildman–Crippen MR) is 74.1 cm³/mol. The Hall–Kier alpha value is -0.840. The summed E-state index contributed by atoms with van der Waals surface area (Å²) in [5, 5.41) is 3.40. The largest absolute Gasteiger partial charge is 0.464 e. The van der Waals surface area contributed by atoms with Gasteiger partial charge in [-0.2, -0.15) is 0 Å². The zero-order valence-corrected chi connectivity index (χ0v) is 12.2. The van der Waals surface area contributed by atoms with Crippen LogP contribution in [0.5, 0.6) is 0 Å². The van der Waals surface area contributed by atoms with Crippen LogP contribution in [0.4, 0.5) is 0 Å². The van der Waals surface area contributed by atoms with Crippen LogP contribution in [-0.4, -0.2) is 25.4 Å². The minimum absolute atomic E-state index is 0.276. The SMILES string of the molecule is Cc1oc(COCC2CCCO2)cc1CNC(C)C. The molecule has 19 heavy (non-hydrogen) atoms. The molecule has 1 atom stereocenters. The zero-order chi connectivity index (χ0) is 13.7. The third-order valence-electron chi connectivity index (χ3n) is 3.34. The molecule has 108 valence electrons. The van der Waals surface area contributed by atoms with Crippen LogP contribution in [0.3, 0.4) is 0 Å². The van der Waals surface area contributed by atoms with Crippen LogP contribution in [0.15, 0.2) is 10.5 Å². The lowest BCUT2D eigenvalue weighted by Gasteiger charge is -2.08. The molecule has 1 aliphatic rings. The summed E-state index contributed by atoms with van der Waals surface area (Å²) in [7, 11) is 0. The van der Waals surface area contributed by atoms with Crippen molar-refractivity contribution in [2.45, 2.75) is 58.9 Å². The molecule has 1 aliphatic heterocycles. The fourth-order valence-electron chi connectivity index (χ4n) is 2.22. The lowest BCUT2D eigenvalue weighted by Crippen LogP contribution is -2.21. The molecule has 0 aromatic carbocycles. The van der Waals surface area contributed by atoms with E-state index in [2.05, 4.69) is 25.2 Å². The van der Waals surface area contributed by atoms with Gasteiger partial charge in [0.2, 0.25) is 0 Å². The van der Waals surface area contributed by atoms with Gasteiger partial charge in [0.1, 0.15) is 18.1 Å². The number of rotatable bonds is 7. The molecule has 0 amide bonds. The number of hydrogen-bond acceptors (Lipinski definition) is 4. The third-order valence-corrected chi connectivity index (χ3v) is 3.34. The van der Waals surface area contributed by atoms with E-state index in [1.807, 2.05) is 6.92 Å². The maximum Gasteiger partial charge on any atom is 0.130 e. The fraction of sp³-hybridized carbons (Fsp3) is 0.733. The van der Waals surface area contributed by atoms with E-state index in [4.69, 9.17) is 13.9 Å². The summed E-state index contributed by atoms with van der Waals surface area (Å²) in [6.07, 6.45) is 2.54. The Labute approximate surface area is 115 Å². The van der Waals surface area contributed by atoms with Gasteiger partial charge in [0.25, 0.3) is 0 Å². The van der Waals surface area contributed by atoms with Crippen molar-refractivity contribution in [2.24, 2.45) is 0 Å². The summed E-state index contributed by atoms with van der Waals surface area (Å²) in [6.45, 7) is 9.20. The summed E-state index contributed by atoms with van der Waals surface area (Å²) in [5.74, 6) is 1.87. The Morgan fingerprint density at radius 1 is 1.47 bits per heavy atom. The molecule has 4 heteroatoms. The van der Waals surface area contributed by atoms with Crippen LogP contribution < -0.4 is 5.32 Å². The predicted octanol–water partition coefficient (Wildman–Crippen LogP) is 2.78. The summed E-state index contributed by atoms with van der Waals surface area (Å²) in [6, 6.07) is 2.56. The molecule has 1 N–H and O–H groups in total. The van der Waals surface area contributed by atoms with Gasteiger partial charge in [-0.1, -0.05) is 13.8 Å². The molecule has 2 heterocycles. The van der Waals surface area contributed by atoms with Gasteiger partial charge >= 0.3 is 0 Å². The van der Waals surface area contributed by atoms with E-state index in [0.717, 1.165) is 37.5 Å². The number of aryl methyl sites for hydroxylation is 1. The molecular formula is C15H25NO3. The second-order valence-electron chi connectivity index (χ2n) is 5.48. The molecule has 1 saturated heterocycles. The van der Waals surface area contributed by atoms with Crippen molar-refractivity contribution in [1.82, 2.24) is 5.32 Å². The van der Waals surface area contributed by atoms with Gasteiger partial charge in [0.15, 0.2) is 0 Å². The maximum absolute atomic E-state index is 5.71. The smallest absolute Gasteiger partial charge is 0.130 e. The molecule has 1 unspecified atom stereocenters. The topological polar surface area (TPSA) is 43.6 Å². The van der Waals surface area contributed by atoms with Crippen LogP contribution in [-0.2, 0) is 22.6 Å². The standard InChI is InChI=1S/C15H25NO3/c1-11(2)16-8-13-7-15(19-12(13)3)10-17-9-14-5-4-6-18-14/h7,11,14,16H,4-6,8-10H2,1-3H3. The maximum atomic E-state index is 5.71. The Bertz CT molecular complexity index is 381. The molecule has 1 aromatic heterocycles. The number of hydrogen-bond donors (Lipinski definition) is 1. The molecular weight excluding hydrogens is 242 g/mol. The van der Waals surface area contributed by atoms with E-state index in [9.17, 15) is 0 Å². The summed E-state index contributed by atoms with van der Waals surface area (Å²) in [4.78, 5) is 0. The van der Waals surface area contributed by atoms with Crippen molar-refractivity contribution < 1.29 is 13.9 Å². The first-order valence-electron chi connectivity index (χ1n) is 7.16. The second-order valence-corrected chi connectivity index (χ2v) is 5.48. The van der Waals surface area contributed by atoms with Crippen LogP contribution in [0.1, 0.15) is 43.8 Å². The normalized spacial score (nSPS) is 19.5.